The van der Waals surface area contributed by atoms with Crippen LogP contribution in [0.15, 0.2) is 17.0 Å². The van der Waals surface area contributed by atoms with Crippen LogP contribution < -0.4 is 0 Å². The Hall–Kier alpha value is -0.990. The maximum atomic E-state index is 11.1. The van der Waals surface area contributed by atoms with Crippen LogP contribution in [0.25, 0.3) is 0 Å². The van der Waals surface area contributed by atoms with E-state index in [-0.39, 0.29) is 12.4 Å². The van der Waals surface area contributed by atoms with Gasteiger partial charge in [0.2, 0.25) is 0 Å². The van der Waals surface area contributed by atoms with Crippen molar-refractivity contribution in [2.45, 2.75) is 16.6 Å². The number of methoxy groups -OCH3 is 1. The van der Waals surface area contributed by atoms with Gasteiger partial charge >= 0.3 is 5.97 Å². The van der Waals surface area contributed by atoms with E-state index in [1.54, 1.807) is 6.07 Å². The van der Waals surface area contributed by atoms with Gasteiger partial charge in [0, 0.05) is 10.2 Å². The molecule has 0 radical (unpaired) electrons. The summed E-state index contributed by atoms with van der Waals surface area (Å²) in [5.41, 5.74) is 2.00. The summed E-state index contributed by atoms with van der Waals surface area (Å²) < 4.78 is 4.57. The third-order valence-electron chi connectivity index (χ3n) is 2.17. The van der Waals surface area contributed by atoms with Crippen molar-refractivity contribution in [1.82, 2.24) is 0 Å². The van der Waals surface area contributed by atoms with Gasteiger partial charge in [-0.15, -0.1) is 12.6 Å². The molecule has 16 heavy (non-hydrogen) atoms. The van der Waals surface area contributed by atoms with Crippen molar-refractivity contribution in [3.8, 4) is 6.07 Å². The summed E-state index contributed by atoms with van der Waals surface area (Å²) >= 11 is 7.60. The Morgan fingerprint density at radius 1 is 1.56 bits per heavy atom. The maximum absolute atomic E-state index is 11.1. The van der Waals surface area contributed by atoms with Crippen LogP contribution in [0, 0.1) is 11.3 Å². The van der Waals surface area contributed by atoms with Crippen LogP contribution in [-0.4, -0.2) is 13.1 Å². The second-order valence-electron chi connectivity index (χ2n) is 3.11. The highest BCUT2D eigenvalue weighted by atomic mass is 79.9. The topological polar surface area (TPSA) is 50.1 Å². The lowest BCUT2D eigenvalue weighted by Crippen LogP contribution is -2.07. The summed E-state index contributed by atoms with van der Waals surface area (Å²) in [5, 5.41) is 9.66. The van der Waals surface area contributed by atoms with Gasteiger partial charge in [-0.25, -0.2) is 0 Å². The van der Waals surface area contributed by atoms with E-state index in [9.17, 15) is 4.79 Å². The van der Waals surface area contributed by atoms with E-state index in [0.717, 1.165) is 5.56 Å². The van der Waals surface area contributed by atoms with E-state index in [0.29, 0.717) is 21.4 Å². The fourth-order valence-corrected chi connectivity index (χ4v) is 2.31. The van der Waals surface area contributed by atoms with Gasteiger partial charge in [-0.3, -0.25) is 4.79 Å². The van der Waals surface area contributed by atoms with Crippen molar-refractivity contribution in [3.05, 3.63) is 28.8 Å². The largest absolute Gasteiger partial charge is 0.469 e. The first-order chi connectivity index (χ1) is 7.63. The number of ether oxygens (including phenoxy) is 1. The van der Waals surface area contributed by atoms with E-state index in [1.165, 1.54) is 7.11 Å². The van der Waals surface area contributed by atoms with Gasteiger partial charge in [-0.1, -0.05) is 28.1 Å². The second-order valence-corrected chi connectivity index (χ2v) is 4.11. The number of rotatable bonds is 3. The van der Waals surface area contributed by atoms with Crippen molar-refractivity contribution in [3.63, 3.8) is 0 Å². The van der Waals surface area contributed by atoms with E-state index in [1.807, 2.05) is 6.07 Å². The molecule has 0 unspecified atom stereocenters. The quantitative estimate of drug-likeness (QED) is 0.530. The third kappa shape index (κ3) is 2.77. The number of nitrogens with zero attached hydrogens (tertiary/aromatic N) is 1. The van der Waals surface area contributed by atoms with Gasteiger partial charge in [0.1, 0.15) is 6.07 Å². The molecule has 0 saturated carbocycles. The molecule has 0 saturated heterocycles. The molecule has 0 aliphatic carbocycles. The van der Waals surface area contributed by atoms with Crippen LogP contribution in [-0.2, 0) is 21.3 Å². The summed E-state index contributed by atoms with van der Waals surface area (Å²) in [6.07, 6.45) is 0.0928. The molecule has 1 rings (SSSR count). The molecule has 0 aromatic heterocycles. The molecular formula is C11H10BrNO2S. The summed E-state index contributed by atoms with van der Waals surface area (Å²) in [6.45, 7) is 0. The molecule has 0 amide bonds. The Morgan fingerprint density at radius 2 is 2.19 bits per heavy atom. The number of hydrogen-bond acceptors (Lipinski definition) is 4. The number of halogens is 1. The van der Waals surface area contributed by atoms with Gasteiger partial charge in [-0.2, -0.15) is 5.26 Å². The van der Waals surface area contributed by atoms with Gasteiger partial charge in [-0.05, 0) is 11.1 Å². The Morgan fingerprint density at radius 3 is 2.69 bits per heavy atom. The molecule has 0 spiro atoms. The summed E-state index contributed by atoms with van der Waals surface area (Å²) in [6, 6.07) is 5.66. The first-order valence-corrected chi connectivity index (χ1v) is 6.07. The molecule has 0 heterocycles. The monoisotopic (exact) mass is 299 g/mol. The number of benzene rings is 1. The van der Waals surface area contributed by atoms with Crippen LogP contribution in [0.5, 0.6) is 0 Å². The molecule has 0 atom stereocenters. The standard InChI is InChI=1S/C11H10BrNO2S/c1-15-10(14)4-7-2-3-8(5-12)11(16)9(7)6-13/h2-3,16H,4-5H2,1H3. The van der Waals surface area contributed by atoms with Gasteiger partial charge in [0.05, 0.1) is 19.1 Å². The van der Waals surface area contributed by atoms with Crippen LogP contribution in [0.3, 0.4) is 0 Å². The van der Waals surface area contributed by atoms with Crippen molar-refractivity contribution in [1.29, 1.82) is 5.26 Å². The number of carbonyl (C=O) groups is 1. The summed E-state index contributed by atoms with van der Waals surface area (Å²) in [5.74, 6) is -0.365. The Kier molecular flexibility index (Phi) is 4.84. The van der Waals surface area contributed by atoms with E-state index >= 15 is 0 Å². The molecular weight excluding hydrogens is 290 g/mol. The summed E-state index contributed by atoms with van der Waals surface area (Å²) in [4.78, 5) is 11.8. The number of hydrogen-bond donors (Lipinski definition) is 1. The van der Waals surface area contributed by atoms with Crippen LogP contribution in [0.1, 0.15) is 16.7 Å². The number of thiol groups is 1. The molecule has 84 valence electrons. The SMILES string of the molecule is COC(=O)Cc1ccc(CBr)c(S)c1C#N. The Labute approximate surface area is 108 Å². The highest BCUT2D eigenvalue weighted by Gasteiger charge is 2.13. The fraction of sp³-hybridized carbons (Fsp3) is 0.273. The highest BCUT2D eigenvalue weighted by molar-refractivity contribution is 9.08. The second kappa shape index (κ2) is 5.92. The average molecular weight is 300 g/mol. The van der Waals surface area contributed by atoms with Crippen molar-refractivity contribution in [2.75, 3.05) is 7.11 Å². The van der Waals surface area contributed by atoms with E-state index < -0.39 is 0 Å². The zero-order valence-electron chi connectivity index (χ0n) is 8.66. The van der Waals surface area contributed by atoms with Crippen molar-refractivity contribution >= 4 is 34.5 Å². The van der Waals surface area contributed by atoms with Crippen molar-refractivity contribution in [2.24, 2.45) is 0 Å². The third-order valence-corrected chi connectivity index (χ3v) is 3.28. The molecule has 5 heteroatoms. The predicted octanol–water partition coefficient (Wildman–Crippen LogP) is 2.46. The molecule has 0 N–H and O–H groups in total. The maximum Gasteiger partial charge on any atom is 0.310 e. The zero-order chi connectivity index (χ0) is 12.1. The van der Waals surface area contributed by atoms with Gasteiger partial charge in [0.25, 0.3) is 0 Å². The van der Waals surface area contributed by atoms with Crippen LogP contribution in [0.4, 0.5) is 0 Å². The molecule has 0 aliphatic rings. The molecule has 0 bridgehead atoms. The normalized spacial score (nSPS) is 9.62. The first kappa shape index (κ1) is 13.1. The van der Waals surface area contributed by atoms with Gasteiger partial charge in [0.15, 0.2) is 0 Å². The minimum absolute atomic E-state index is 0.0928. The molecule has 3 nitrogen and oxygen atoms in total. The van der Waals surface area contributed by atoms with Crippen molar-refractivity contribution < 1.29 is 9.53 Å². The lowest BCUT2D eigenvalue weighted by atomic mass is 10.0. The van der Waals surface area contributed by atoms with Gasteiger partial charge < -0.3 is 4.74 Å². The first-order valence-electron chi connectivity index (χ1n) is 4.50. The minimum Gasteiger partial charge on any atom is -0.469 e. The number of esters is 1. The molecule has 1 aromatic rings. The number of alkyl halides is 1. The van der Waals surface area contributed by atoms with Crippen LogP contribution >= 0.6 is 28.6 Å². The Bertz CT molecular complexity index is 454. The van der Waals surface area contributed by atoms with Crippen LogP contribution in [0.2, 0.25) is 0 Å². The lowest BCUT2D eigenvalue weighted by Gasteiger charge is -2.08. The van der Waals surface area contributed by atoms with E-state index in [2.05, 4.69) is 39.4 Å². The molecule has 1 aromatic carbocycles. The van der Waals surface area contributed by atoms with E-state index in [4.69, 9.17) is 5.26 Å². The molecule has 0 fully saturated rings. The lowest BCUT2D eigenvalue weighted by molar-refractivity contribution is -0.139. The minimum atomic E-state index is -0.365. The number of carbonyl (C=O) groups excluding carboxylic acids is 1. The fourth-order valence-electron chi connectivity index (χ4n) is 1.28. The summed E-state index contributed by atoms with van der Waals surface area (Å²) in [7, 11) is 1.32. The predicted molar refractivity (Wildman–Crippen MR) is 66.8 cm³/mol. The zero-order valence-corrected chi connectivity index (χ0v) is 11.1. The smallest absolute Gasteiger partial charge is 0.310 e. The highest BCUT2D eigenvalue weighted by Crippen LogP contribution is 2.24. The molecule has 0 aliphatic heterocycles. The Balaban J connectivity index is 3.17. The number of nitriles is 1. The average Bonchev–Trinajstić information content (AvgIpc) is 2.29.